The number of rotatable bonds is 3. The predicted molar refractivity (Wildman–Crippen MR) is 55.0 cm³/mol. The summed E-state index contributed by atoms with van der Waals surface area (Å²) >= 11 is 1.54. The van der Waals surface area contributed by atoms with E-state index >= 15 is 0 Å². The number of hydrogen-bond donors (Lipinski definition) is 2. The second-order valence-corrected chi connectivity index (χ2v) is 3.41. The van der Waals surface area contributed by atoms with E-state index in [1.807, 2.05) is 6.07 Å². The maximum absolute atomic E-state index is 5.40. The van der Waals surface area contributed by atoms with Crippen molar-refractivity contribution in [1.29, 1.82) is 0 Å². The highest BCUT2D eigenvalue weighted by Gasteiger charge is 2.02. The molecule has 0 saturated carbocycles. The standard InChI is InChI=1S/C8H10N4S/c9-2-4-10-6-1-3-11-8-7(6)12-5-13-8/h1,3,5H,2,4,9H2,(H,10,11). The zero-order chi connectivity index (χ0) is 9.10. The van der Waals surface area contributed by atoms with E-state index in [0.717, 1.165) is 22.6 Å². The van der Waals surface area contributed by atoms with Crippen molar-refractivity contribution in [2.75, 3.05) is 18.4 Å². The minimum absolute atomic E-state index is 0.619. The number of fused-ring (bicyclic) bond motifs is 1. The van der Waals surface area contributed by atoms with Crippen LogP contribution in [0.5, 0.6) is 0 Å². The topological polar surface area (TPSA) is 63.8 Å². The van der Waals surface area contributed by atoms with Gasteiger partial charge in [-0.3, -0.25) is 0 Å². The number of nitrogens with one attached hydrogen (secondary N) is 1. The molecule has 0 spiro atoms. The Balaban J connectivity index is 2.37. The summed E-state index contributed by atoms with van der Waals surface area (Å²) in [4.78, 5) is 9.38. The van der Waals surface area contributed by atoms with Crippen LogP contribution in [0.3, 0.4) is 0 Å². The molecule has 4 nitrogen and oxygen atoms in total. The molecule has 2 aromatic heterocycles. The van der Waals surface area contributed by atoms with Gasteiger partial charge in [-0.2, -0.15) is 0 Å². The van der Waals surface area contributed by atoms with Crippen LogP contribution in [0.25, 0.3) is 10.3 Å². The monoisotopic (exact) mass is 194 g/mol. The molecule has 0 fully saturated rings. The quantitative estimate of drug-likeness (QED) is 0.767. The average molecular weight is 194 g/mol. The first-order valence-electron chi connectivity index (χ1n) is 4.04. The third-order valence-electron chi connectivity index (χ3n) is 1.70. The Labute approximate surface area is 79.8 Å². The van der Waals surface area contributed by atoms with Crippen LogP contribution < -0.4 is 11.1 Å². The maximum atomic E-state index is 5.40. The second kappa shape index (κ2) is 3.68. The summed E-state index contributed by atoms with van der Waals surface area (Å²) in [7, 11) is 0. The van der Waals surface area contributed by atoms with Crippen LogP contribution in [0.1, 0.15) is 0 Å². The van der Waals surface area contributed by atoms with E-state index in [-0.39, 0.29) is 0 Å². The number of nitrogens with zero attached hydrogens (tertiary/aromatic N) is 2. The molecule has 0 bridgehead atoms. The van der Waals surface area contributed by atoms with E-state index in [9.17, 15) is 0 Å². The molecule has 0 unspecified atom stereocenters. The highest BCUT2D eigenvalue weighted by molar-refractivity contribution is 7.16. The number of hydrogen-bond acceptors (Lipinski definition) is 5. The van der Waals surface area contributed by atoms with Crippen molar-refractivity contribution >= 4 is 27.4 Å². The Bertz CT molecular complexity index is 398. The largest absolute Gasteiger partial charge is 0.382 e. The van der Waals surface area contributed by atoms with Crippen LogP contribution in [-0.4, -0.2) is 23.1 Å². The van der Waals surface area contributed by atoms with Crippen LogP contribution in [0.2, 0.25) is 0 Å². The van der Waals surface area contributed by atoms with Gasteiger partial charge in [0.25, 0.3) is 0 Å². The summed E-state index contributed by atoms with van der Waals surface area (Å²) in [5.41, 5.74) is 9.14. The molecule has 5 heteroatoms. The maximum Gasteiger partial charge on any atom is 0.145 e. The molecular weight excluding hydrogens is 184 g/mol. The number of aromatic nitrogens is 2. The molecule has 0 radical (unpaired) electrons. The fraction of sp³-hybridized carbons (Fsp3) is 0.250. The van der Waals surface area contributed by atoms with E-state index in [4.69, 9.17) is 5.73 Å². The zero-order valence-corrected chi connectivity index (χ0v) is 7.84. The minimum atomic E-state index is 0.619. The second-order valence-electron chi connectivity index (χ2n) is 2.58. The minimum Gasteiger partial charge on any atom is -0.382 e. The predicted octanol–water partition coefficient (Wildman–Crippen LogP) is 1.06. The Kier molecular flexibility index (Phi) is 2.37. The van der Waals surface area contributed by atoms with E-state index in [0.29, 0.717) is 6.54 Å². The van der Waals surface area contributed by atoms with Crippen molar-refractivity contribution in [3.63, 3.8) is 0 Å². The molecule has 2 heterocycles. The summed E-state index contributed by atoms with van der Waals surface area (Å²) in [5.74, 6) is 0. The molecular formula is C8H10N4S. The summed E-state index contributed by atoms with van der Waals surface area (Å²) in [6.07, 6.45) is 1.78. The van der Waals surface area contributed by atoms with Crippen LogP contribution in [0.15, 0.2) is 17.8 Å². The van der Waals surface area contributed by atoms with Crippen molar-refractivity contribution in [3.8, 4) is 0 Å². The molecule has 0 saturated heterocycles. The van der Waals surface area contributed by atoms with Crippen molar-refractivity contribution in [1.82, 2.24) is 9.97 Å². The normalized spacial score (nSPS) is 10.5. The van der Waals surface area contributed by atoms with Gasteiger partial charge in [0, 0.05) is 19.3 Å². The van der Waals surface area contributed by atoms with Crippen molar-refractivity contribution in [2.24, 2.45) is 5.73 Å². The molecule has 0 aromatic carbocycles. The van der Waals surface area contributed by atoms with E-state index < -0.39 is 0 Å². The lowest BCUT2D eigenvalue weighted by molar-refractivity contribution is 1.02. The molecule has 0 atom stereocenters. The third-order valence-corrected chi connectivity index (χ3v) is 2.43. The third kappa shape index (κ3) is 1.61. The summed E-state index contributed by atoms with van der Waals surface area (Å²) in [6.45, 7) is 1.38. The van der Waals surface area contributed by atoms with E-state index in [1.165, 1.54) is 0 Å². The molecule has 0 aliphatic carbocycles. The lowest BCUT2D eigenvalue weighted by Gasteiger charge is -2.03. The fourth-order valence-electron chi connectivity index (χ4n) is 1.12. The van der Waals surface area contributed by atoms with E-state index in [1.54, 1.807) is 23.0 Å². The van der Waals surface area contributed by atoms with Crippen LogP contribution in [0, 0.1) is 0 Å². The molecule has 2 rings (SSSR count). The lowest BCUT2D eigenvalue weighted by atomic mass is 10.3. The van der Waals surface area contributed by atoms with Crippen LogP contribution >= 0.6 is 11.3 Å². The zero-order valence-electron chi connectivity index (χ0n) is 7.03. The van der Waals surface area contributed by atoms with Crippen molar-refractivity contribution in [2.45, 2.75) is 0 Å². The summed E-state index contributed by atoms with van der Waals surface area (Å²) < 4.78 is 0. The van der Waals surface area contributed by atoms with Gasteiger partial charge in [0.1, 0.15) is 10.3 Å². The van der Waals surface area contributed by atoms with Crippen molar-refractivity contribution < 1.29 is 0 Å². The first-order valence-corrected chi connectivity index (χ1v) is 4.92. The van der Waals surface area contributed by atoms with Gasteiger partial charge in [-0.1, -0.05) is 0 Å². The summed E-state index contributed by atoms with van der Waals surface area (Å²) in [5, 5.41) is 3.20. The van der Waals surface area contributed by atoms with Gasteiger partial charge in [0.05, 0.1) is 11.2 Å². The average Bonchev–Trinajstić information content (AvgIpc) is 2.62. The first-order chi connectivity index (χ1) is 6.42. The van der Waals surface area contributed by atoms with Crippen molar-refractivity contribution in [3.05, 3.63) is 17.8 Å². The molecule has 0 aliphatic heterocycles. The van der Waals surface area contributed by atoms with Gasteiger partial charge in [0.15, 0.2) is 0 Å². The Morgan fingerprint density at radius 3 is 3.23 bits per heavy atom. The Morgan fingerprint density at radius 1 is 1.46 bits per heavy atom. The molecule has 0 aliphatic rings. The Hall–Kier alpha value is -1.20. The number of thiazole rings is 1. The molecule has 0 amide bonds. The van der Waals surface area contributed by atoms with Gasteiger partial charge in [0.2, 0.25) is 0 Å². The smallest absolute Gasteiger partial charge is 0.145 e. The van der Waals surface area contributed by atoms with Gasteiger partial charge in [-0.25, -0.2) is 9.97 Å². The molecule has 13 heavy (non-hydrogen) atoms. The molecule has 3 N–H and O–H groups in total. The van der Waals surface area contributed by atoms with E-state index in [2.05, 4.69) is 15.3 Å². The van der Waals surface area contributed by atoms with Gasteiger partial charge >= 0.3 is 0 Å². The number of anilines is 1. The van der Waals surface area contributed by atoms with Gasteiger partial charge in [-0.15, -0.1) is 11.3 Å². The van der Waals surface area contributed by atoms with Crippen LogP contribution in [0.4, 0.5) is 5.69 Å². The molecule has 68 valence electrons. The SMILES string of the molecule is NCCNc1ccnc2scnc12. The Morgan fingerprint density at radius 2 is 2.38 bits per heavy atom. The molecule has 2 aromatic rings. The number of pyridine rings is 1. The number of nitrogens with two attached hydrogens (primary N) is 1. The van der Waals surface area contributed by atoms with Gasteiger partial charge < -0.3 is 11.1 Å². The fourth-order valence-corrected chi connectivity index (χ4v) is 1.78. The highest BCUT2D eigenvalue weighted by atomic mass is 32.1. The van der Waals surface area contributed by atoms with Gasteiger partial charge in [-0.05, 0) is 6.07 Å². The first kappa shape index (κ1) is 8.40. The van der Waals surface area contributed by atoms with Crippen LogP contribution in [-0.2, 0) is 0 Å². The summed E-state index contributed by atoms with van der Waals surface area (Å²) in [6, 6.07) is 1.91. The lowest BCUT2D eigenvalue weighted by Crippen LogP contribution is -2.13. The highest BCUT2D eigenvalue weighted by Crippen LogP contribution is 2.22.